The van der Waals surface area contributed by atoms with Crippen molar-refractivity contribution in [2.45, 2.75) is 32.2 Å². The molecule has 0 radical (unpaired) electrons. The van der Waals surface area contributed by atoms with E-state index in [1.807, 2.05) is 59.5 Å². The van der Waals surface area contributed by atoms with E-state index in [0.29, 0.717) is 31.1 Å². The Bertz CT molecular complexity index is 1400. The third-order valence-electron chi connectivity index (χ3n) is 6.72. The first kappa shape index (κ1) is 21.5. The van der Waals surface area contributed by atoms with Gasteiger partial charge in [0, 0.05) is 37.2 Å². The molecule has 2 aliphatic rings. The molecule has 7 heteroatoms. The first-order chi connectivity index (χ1) is 17.2. The maximum absolute atomic E-state index is 13.0. The van der Waals surface area contributed by atoms with E-state index in [1.54, 1.807) is 0 Å². The van der Waals surface area contributed by atoms with E-state index in [2.05, 4.69) is 23.6 Å². The molecule has 7 nitrogen and oxygen atoms in total. The monoisotopic (exact) mass is 469 g/mol. The molecule has 3 aromatic carbocycles. The molecule has 1 aromatic heterocycles. The maximum atomic E-state index is 13.0. The highest BCUT2D eigenvalue weighted by molar-refractivity contribution is 5.97. The number of imidazole rings is 1. The first-order valence-corrected chi connectivity index (χ1v) is 12.0. The van der Waals surface area contributed by atoms with E-state index < -0.39 is 0 Å². The molecule has 4 aromatic rings. The Morgan fingerprint density at radius 2 is 1.86 bits per heavy atom. The molecule has 0 aliphatic carbocycles. The van der Waals surface area contributed by atoms with E-state index in [1.165, 1.54) is 0 Å². The number of nitrogens with zero attached hydrogens (tertiary/aromatic N) is 3. The summed E-state index contributed by atoms with van der Waals surface area (Å²) < 4.78 is 19.2. The van der Waals surface area contributed by atoms with E-state index >= 15 is 0 Å². The number of aryl methyl sites for hydroxylation is 2. The van der Waals surface area contributed by atoms with Crippen molar-refractivity contribution in [3.8, 4) is 17.2 Å². The summed E-state index contributed by atoms with van der Waals surface area (Å²) in [7, 11) is 0. The largest absolute Gasteiger partial charge is 0.493 e. The minimum atomic E-state index is 0.0117. The van der Waals surface area contributed by atoms with Crippen molar-refractivity contribution < 1.29 is 19.0 Å². The highest BCUT2D eigenvalue weighted by atomic mass is 16.7. The summed E-state index contributed by atoms with van der Waals surface area (Å²) in [6, 6.07) is 21.9. The molecule has 1 amide bonds. The second-order valence-electron chi connectivity index (χ2n) is 9.02. The van der Waals surface area contributed by atoms with Gasteiger partial charge in [-0.2, -0.15) is 0 Å². The summed E-state index contributed by atoms with van der Waals surface area (Å²) in [6.07, 6.45) is 1.27. The lowest BCUT2D eigenvalue weighted by Gasteiger charge is -2.18. The predicted molar refractivity (Wildman–Crippen MR) is 133 cm³/mol. The molecule has 6 rings (SSSR count). The van der Waals surface area contributed by atoms with Crippen LogP contribution in [0.4, 0.5) is 5.69 Å². The summed E-state index contributed by atoms with van der Waals surface area (Å²) in [5.41, 5.74) is 4.01. The van der Waals surface area contributed by atoms with Gasteiger partial charge in [-0.1, -0.05) is 30.3 Å². The van der Waals surface area contributed by atoms with E-state index in [0.717, 1.165) is 46.8 Å². The molecule has 178 valence electrons. The first-order valence-electron chi connectivity index (χ1n) is 12.0. The lowest BCUT2D eigenvalue weighted by molar-refractivity contribution is -0.117. The average molecular weight is 470 g/mol. The fourth-order valence-electron chi connectivity index (χ4n) is 4.95. The van der Waals surface area contributed by atoms with Gasteiger partial charge in [0.1, 0.15) is 11.6 Å². The maximum Gasteiger partial charge on any atom is 0.231 e. The van der Waals surface area contributed by atoms with Crippen LogP contribution in [0.15, 0.2) is 66.7 Å². The summed E-state index contributed by atoms with van der Waals surface area (Å²) >= 11 is 0. The van der Waals surface area contributed by atoms with Crippen molar-refractivity contribution in [2.24, 2.45) is 0 Å². The van der Waals surface area contributed by atoms with Crippen LogP contribution in [-0.4, -0.2) is 35.4 Å². The minimum Gasteiger partial charge on any atom is -0.493 e. The second-order valence-corrected chi connectivity index (χ2v) is 9.02. The van der Waals surface area contributed by atoms with Crippen LogP contribution in [0, 0.1) is 6.92 Å². The van der Waals surface area contributed by atoms with Crippen molar-refractivity contribution in [3.63, 3.8) is 0 Å². The predicted octanol–water partition coefficient (Wildman–Crippen LogP) is 5.06. The zero-order valence-corrected chi connectivity index (χ0v) is 19.6. The molecule has 2 aliphatic heterocycles. The van der Waals surface area contributed by atoms with Crippen LogP contribution >= 0.6 is 0 Å². The number of amides is 1. The number of para-hydroxylation sites is 3. The number of rotatable bonds is 7. The van der Waals surface area contributed by atoms with Crippen LogP contribution in [0.25, 0.3) is 11.0 Å². The third-order valence-corrected chi connectivity index (χ3v) is 6.72. The van der Waals surface area contributed by atoms with Crippen LogP contribution in [0.5, 0.6) is 17.2 Å². The third kappa shape index (κ3) is 4.07. The summed E-state index contributed by atoms with van der Waals surface area (Å²) in [5.74, 6) is 3.38. The molecule has 1 saturated heterocycles. The van der Waals surface area contributed by atoms with Gasteiger partial charge in [0.15, 0.2) is 11.5 Å². The van der Waals surface area contributed by atoms with Gasteiger partial charge >= 0.3 is 0 Å². The van der Waals surface area contributed by atoms with Crippen molar-refractivity contribution in [3.05, 3.63) is 78.1 Å². The number of aromatic nitrogens is 2. The van der Waals surface area contributed by atoms with Gasteiger partial charge in [0.2, 0.25) is 12.7 Å². The Morgan fingerprint density at radius 1 is 1.03 bits per heavy atom. The Hall–Kier alpha value is -4.00. The zero-order chi connectivity index (χ0) is 23.8. The Morgan fingerprint density at radius 3 is 2.77 bits per heavy atom. The van der Waals surface area contributed by atoms with Crippen molar-refractivity contribution in [1.82, 2.24) is 9.55 Å². The topological polar surface area (TPSA) is 65.8 Å². The minimum absolute atomic E-state index is 0.0117. The number of carbonyl (C=O) groups is 1. The average Bonchev–Trinajstić information content (AvgIpc) is 3.59. The van der Waals surface area contributed by atoms with E-state index in [-0.39, 0.29) is 18.6 Å². The Labute approximate surface area is 203 Å². The molecule has 35 heavy (non-hydrogen) atoms. The molecule has 0 saturated carbocycles. The standard InChI is InChI=1S/C28H27N3O4/c1-19-7-2-5-10-24(19)33-14-6-13-30-23-9-4-3-8-22(23)29-28(30)20-15-27(32)31(17-20)21-11-12-25-26(16-21)35-18-34-25/h2-5,7-12,16,20H,6,13-15,17-18H2,1H3. The zero-order valence-electron chi connectivity index (χ0n) is 19.6. The number of hydrogen-bond donors (Lipinski definition) is 0. The smallest absolute Gasteiger partial charge is 0.231 e. The van der Waals surface area contributed by atoms with Crippen LogP contribution in [0.2, 0.25) is 0 Å². The Balaban J connectivity index is 1.22. The molecule has 1 fully saturated rings. The number of hydrogen-bond acceptors (Lipinski definition) is 5. The van der Waals surface area contributed by atoms with Gasteiger partial charge in [-0.15, -0.1) is 0 Å². The SMILES string of the molecule is Cc1ccccc1OCCCn1c(C2CC(=O)N(c3ccc4c(c3)OCO4)C2)nc2ccccc21. The highest BCUT2D eigenvalue weighted by Crippen LogP contribution is 2.39. The molecule has 0 spiro atoms. The lowest BCUT2D eigenvalue weighted by Crippen LogP contribution is -2.24. The van der Waals surface area contributed by atoms with Crippen molar-refractivity contribution in [1.29, 1.82) is 0 Å². The normalized spacial score (nSPS) is 16.9. The van der Waals surface area contributed by atoms with Crippen LogP contribution < -0.4 is 19.1 Å². The molecule has 1 atom stereocenters. The molecule has 0 N–H and O–H groups in total. The molecule has 3 heterocycles. The van der Waals surface area contributed by atoms with Crippen LogP contribution in [0.1, 0.15) is 30.1 Å². The number of ether oxygens (including phenoxy) is 3. The fourth-order valence-corrected chi connectivity index (χ4v) is 4.95. The Kier molecular flexibility index (Phi) is 5.52. The van der Waals surface area contributed by atoms with Gasteiger partial charge in [-0.3, -0.25) is 4.79 Å². The number of fused-ring (bicyclic) bond motifs is 2. The van der Waals surface area contributed by atoms with Crippen molar-refractivity contribution >= 4 is 22.6 Å². The number of anilines is 1. The van der Waals surface area contributed by atoms with Gasteiger partial charge < -0.3 is 23.7 Å². The van der Waals surface area contributed by atoms with Gasteiger partial charge in [0.05, 0.1) is 17.6 Å². The van der Waals surface area contributed by atoms with Crippen LogP contribution in [-0.2, 0) is 11.3 Å². The summed E-state index contributed by atoms with van der Waals surface area (Å²) in [5, 5.41) is 0. The number of carbonyl (C=O) groups excluding carboxylic acids is 1. The molecule has 0 bridgehead atoms. The summed E-state index contributed by atoms with van der Waals surface area (Å²) in [6.45, 7) is 4.24. The van der Waals surface area contributed by atoms with Crippen LogP contribution in [0.3, 0.4) is 0 Å². The quantitative estimate of drug-likeness (QED) is 0.354. The van der Waals surface area contributed by atoms with E-state index in [4.69, 9.17) is 19.2 Å². The molecular weight excluding hydrogens is 442 g/mol. The lowest BCUT2D eigenvalue weighted by atomic mass is 10.1. The highest BCUT2D eigenvalue weighted by Gasteiger charge is 2.35. The van der Waals surface area contributed by atoms with Gasteiger partial charge in [-0.25, -0.2) is 4.98 Å². The van der Waals surface area contributed by atoms with Gasteiger partial charge in [0.25, 0.3) is 0 Å². The summed E-state index contributed by atoms with van der Waals surface area (Å²) in [4.78, 5) is 19.8. The van der Waals surface area contributed by atoms with Crippen molar-refractivity contribution in [2.75, 3.05) is 24.8 Å². The second kappa shape index (κ2) is 8.98. The molecule has 1 unspecified atom stereocenters. The number of benzene rings is 3. The van der Waals surface area contributed by atoms with E-state index in [9.17, 15) is 4.79 Å². The fraction of sp³-hybridized carbons (Fsp3) is 0.286. The van der Waals surface area contributed by atoms with Gasteiger partial charge in [-0.05, 0) is 49.2 Å². The molecular formula is C28H27N3O4.